The van der Waals surface area contributed by atoms with E-state index in [-0.39, 0.29) is 11.6 Å². The van der Waals surface area contributed by atoms with E-state index in [0.717, 1.165) is 0 Å². The van der Waals surface area contributed by atoms with E-state index in [1.165, 1.54) is 16.8 Å². The summed E-state index contributed by atoms with van der Waals surface area (Å²) in [4.78, 5) is 13.1. The van der Waals surface area contributed by atoms with Crippen molar-refractivity contribution in [2.75, 3.05) is 24.7 Å². The molecule has 0 radical (unpaired) electrons. The molecule has 33 heavy (non-hydrogen) atoms. The Labute approximate surface area is 196 Å². The van der Waals surface area contributed by atoms with Gasteiger partial charge in [0.1, 0.15) is 23.8 Å². The van der Waals surface area contributed by atoms with Crippen LogP contribution in [0.3, 0.4) is 0 Å². The van der Waals surface area contributed by atoms with Gasteiger partial charge in [-0.2, -0.15) is 10.5 Å². The zero-order valence-corrected chi connectivity index (χ0v) is 19.2. The summed E-state index contributed by atoms with van der Waals surface area (Å²) in [5.41, 5.74) is 2.18. The van der Waals surface area contributed by atoms with Gasteiger partial charge >= 0.3 is 0 Å². The fraction of sp³-hybridized carbons (Fsp3) is 0.286. The van der Waals surface area contributed by atoms with Crippen LogP contribution in [0.5, 0.6) is 0 Å². The maximum Gasteiger partial charge on any atom is 0.223 e. The SMILES string of the molecule is CS(=O)(=O)N1CCC(Nc2ncc(C#N)c(-c3cn(-c4ccc(C#N)cc4Cl)cn3)n2)CC1. The molecule has 1 aliphatic heterocycles. The lowest BCUT2D eigenvalue weighted by Crippen LogP contribution is -2.42. The van der Waals surface area contributed by atoms with Gasteiger partial charge in [0.2, 0.25) is 16.0 Å². The molecule has 168 valence electrons. The highest BCUT2D eigenvalue weighted by atomic mass is 35.5. The second kappa shape index (κ2) is 9.16. The number of nitrogens with zero attached hydrogens (tertiary/aromatic N) is 7. The van der Waals surface area contributed by atoms with E-state index in [9.17, 15) is 13.7 Å². The van der Waals surface area contributed by atoms with Crippen molar-refractivity contribution in [3.8, 4) is 29.2 Å². The van der Waals surface area contributed by atoms with E-state index in [4.69, 9.17) is 16.9 Å². The highest BCUT2D eigenvalue weighted by Crippen LogP contribution is 2.26. The summed E-state index contributed by atoms with van der Waals surface area (Å²) in [5, 5.41) is 22.2. The Morgan fingerprint density at radius 2 is 1.94 bits per heavy atom. The van der Waals surface area contributed by atoms with E-state index in [0.29, 0.717) is 59.5 Å². The first kappa shape index (κ1) is 22.7. The molecule has 10 nitrogen and oxygen atoms in total. The Balaban J connectivity index is 1.56. The van der Waals surface area contributed by atoms with Gasteiger partial charge in [-0.1, -0.05) is 11.6 Å². The standard InChI is InChI=1S/C21H19ClN8O2S/c1-33(31,32)30-6-4-16(5-7-30)27-21-25-11-15(10-24)20(28-21)18-12-29(13-26-18)19-3-2-14(9-23)8-17(19)22/h2-3,8,11-13,16H,4-7H2,1H3,(H,25,27,28). The molecule has 3 heterocycles. The molecule has 0 aliphatic carbocycles. The van der Waals surface area contributed by atoms with Crippen LogP contribution in [0.4, 0.5) is 5.95 Å². The van der Waals surface area contributed by atoms with Gasteiger partial charge in [0.15, 0.2) is 0 Å². The lowest BCUT2D eigenvalue weighted by molar-refractivity contribution is 0.331. The first-order valence-electron chi connectivity index (χ1n) is 10.0. The number of piperidine rings is 1. The lowest BCUT2D eigenvalue weighted by Gasteiger charge is -2.30. The molecule has 1 aliphatic rings. The fourth-order valence-corrected chi connectivity index (χ4v) is 4.76. The van der Waals surface area contributed by atoms with Crippen molar-refractivity contribution in [1.29, 1.82) is 10.5 Å². The van der Waals surface area contributed by atoms with Crippen LogP contribution < -0.4 is 5.32 Å². The van der Waals surface area contributed by atoms with Crippen molar-refractivity contribution in [3.63, 3.8) is 0 Å². The molecule has 1 fully saturated rings. The van der Waals surface area contributed by atoms with Gasteiger partial charge in [-0.15, -0.1) is 0 Å². The maximum atomic E-state index is 11.7. The first-order chi connectivity index (χ1) is 15.8. The first-order valence-corrected chi connectivity index (χ1v) is 12.2. The van der Waals surface area contributed by atoms with Gasteiger partial charge in [0, 0.05) is 25.3 Å². The quantitative estimate of drug-likeness (QED) is 0.584. The van der Waals surface area contributed by atoms with Crippen molar-refractivity contribution in [2.24, 2.45) is 0 Å². The number of halogens is 1. The number of nitriles is 2. The summed E-state index contributed by atoms with van der Waals surface area (Å²) >= 11 is 6.30. The smallest absolute Gasteiger partial charge is 0.223 e. The molecule has 1 N–H and O–H groups in total. The van der Waals surface area contributed by atoms with Gasteiger partial charge in [-0.25, -0.2) is 27.7 Å². The van der Waals surface area contributed by atoms with Crippen molar-refractivity contribution < 1.29 is 8.42 Å². The fourth-order valence-electron chi connectivity index (χ4n) is 3.61. The van der Waals surface area contributed by atoms with Crippen molar-refractivity contribution in [2.45, 2.75) is 18.9 Å². The largest absolute Gasteiger partial charge is 0.351 e. The number of nitrogens with one attached hydrogen (secondary N) is 1. The number of anilines is 1. The van der Waals surface area contributed by atoms with Gasteiger partial charge in [0.25, 0.3) is 0 Å². The van der Waals surface area contributed by atoms with E-state index in [2.05, 4.69) is 26.3 Å². The van der Waals surface area contributed by atoms with Crippen LogP contribution in [0.15, 0.2) is 36.9 Å². The number of imidazole rings is 1. The Morgan fingerprint density at radius 1 is 1.18 bits per heavy atom. The van der Waals surface area contributed by atoms with E-state index in [1.54, 1.807) is 35.3 Å². The number of hydrogen-bond acceptors (Lipinski definition) is 8. The third-order valence-electron chi connectivity index (χ3n) is 5.35. The Bertz CT molecular complexity index is 1380. The van der Waals surface area contributed by atoms with Crippen molar-refractivity contribution >= 4 is 27.6 Å². The molecule has 0 atom stereocenters. The second-order valence-electron chi connectivity index (χ2n) is 7.59. The monoisotopic (exact) mass is 482 g/mol. The average molecular weight is 483 g/mol. The summed E-state index contributed by atoms with van der Waals surface area (Å²) < 4.78 is 26.5. The summed E-state index contributed by atoms with van der Waals surface area (Å²) in [6.45, 7) is 0.852. The number of sulfonamides is 1. The third kappa shape index (κ3) is 4.96. The predicted octanol–water partition coefficient (Wildman–Crippen LogP) is 2.56. The van der Waals surface area contributed by atoms with Gasteiger partial charge in [-0.05, 0) is 31.0 Å². The molecular weight excluding hydrogens is 464 g/mol. The maximum absolute atomic E-state index is 11.7. The third-order valence-corrected chi connectivity index (χ3v) is 6.95. The molecule has 0 saturated carbocycles. The summed E-state index contributed by atoms with van der Waals surface area (Å²) in [7, 11) is -3.20. The van der Waals surface area contributed by atoms with E-state index < -0.39 is 10.0 Å². The predicted molar refractivity (Wildman–Crippen MR) is 122 cm³/mol. The van der Waals surface area contributed by atoms with Gasteiger partial charge in [0.05, 0.1) is 40.4 Å². The number of hydrogen-bond donors (Lipinski definition) is 1. The Hall–Kier alpha value is -3.51. The summed E-state index contributed by atoms with van der Waals surface area (Å²) in [5.74, 6) is 0.341. The average Bonchev–Trinajstić information content (AvgIpc) is 3.28. The molecular formula is C21H19ClN8O2S. The van der Waals surface area contributed by atoms with Gasteiger partial charge < -0.3 is 9.88 Å². The molecule has 0 spiro atoms. The molecule has 4 rings (SSSR count). The zero-order valence-electron chi connectivity index (χ0n) is 17.6. The lowest BCUT2D eigenvalue weighted by atomic mass is 10.1. The topological polar surface area (TPSA) is 141 Å². The van der Waals surface area contributed by atoms with Crippen LogP contribution in [-0.4, -0.2) is 57.6 Å². The minimum atomic E-state index is -3.20. The normalized spacial score (nSPS) is 15.0. The van der Waals surface area contributed by atoms with Crippen molar-refractivity contribution in [1.82, 2.24) is 23.8 Å². The zero-order chi connectivity index (χ0) is 23.6. The van der Waals surface area contributed by atoms with Crippen LogP contribution in [-0.2, 0) is 10.0 Å². The second-order valence-corrected chi connectivity index (χ2v) is 9.98. The van der Waals surface area contributed by atoms with Crippen LogP contribution in [0.1, 0.15) is 24.0 Å². The van der Waals surface area contributed by atoms with Crippen molar-refractivity contribution in [3.05, 3.63) is 53.1 Å². The van der Waals surface area contributed by atoms with Crippen LogP contribution in [0.2, 0.25) is 5.02 Å². The molecule has 12 heteroatoms. The molecule has 3 aromatic rings. The molecule has 0 unspecified atom stereocenters. The van der Waals surface area contributed by atoms with Gasteiger partial charge in [-0.3, -0.25) is 0 Å². The Kier molecular flexibility index (Phi) is 6.29. The minimum Gasteiger partial charge on any atom is -0.351 e. The molecule has 0 amide bonds. The van der Waals surface area contributed by atoms with Crippen LogP contribution in [0.25, 0.3) is 17.1 Å². The van der Waals surface area contributed by atoms with E-state index in [1.807, 2.05) is 6.07 Å². The number of benzene rings is 1. The van der Waals surface area contributed by atoms with Crippen LogP contribution in [0, 0.1) is 22.7 Å². The van der Waals surface area contributed by atoms with E-state index >= 15 is 0 Å². The highest BCUT2D eigenvalue weighted by Gasteiger charge is 2.25. The van der Waals surface area contributed by atoms with Crippen LogP contribution >= 0.6 is 11.6 Å². The number of aromatic nitrogens is 4. The minimum absolute atomic E-state index is 0.0128. The number of rotatable bonds is 5. The summed E-state index contributed by atoms with van der Waals surface area (Å²) in [6, 6.07) is 9.08. The summed E-state index contributed by atoms with van der Waals surface area (Å²) in [6.07, 6.45) is 7.14. The molecule has 0 bridgehead atoms. The molecule has 2 aromatic heterocycles. The Morgan fingerprint density at radius 3 is 2.58 bits per heavy atom. The molecule has 1 saturated heterocycles. The molecule has 1 aromatic carbocycles. The highest BCUT2D eigenvalue weighted by molar-refractivity contribution is 7.88.